The molecule has 3 N–H and O–H groups in total. The predicted molar refractivity (Wildman–Crippen MR) is 250 cm³/mol. The third-order valence-electron chi connectivity index (χ3n) is 14.0. The fourth-order valence-electron chi connectivity index (χ4n) is 8.00. The normalized spacial score (nSPS) is 25.9. The van der Waals surface area contributed by atoms with E-state index in [-0.39, 0.29) is 54.1 Å². The Kier molecular flexibility index (Phi) is 15.7. The van der Waals surface area contributed by atoms with Gasteiger partial charge in [0.2, 0.25) is 0 Å². The van der Waals surface area contributed by atoms with Gasteiger partial charge in [0, 0.05) is 47.9 Å². The molecule has 7 atom stereocenters. The van der Waals surface area contributed by atoms with Crippen LogP contribution in [0.15, 0.2) is 47.8 Å². The highest BCUT2D eigenvalue weighted by atomic mass is 32.2. The van der Waals surface area contributed by atoms with Crippen LogP contribution in [0.5, 0.6) is 0 Å². The highest BCUT2D eigenvalue weighted by Crippen LogP contribution is 2.52. The van der Waals surface area contributed by atoms with Crippen molar-refractivity contribution in [2.75, 3.05) is 13.2 Å². The first-order valence-corrected chi connectivity index (χ1v) is 29.7. The lowest BCUT2D eigenvalue weighted by molar-refractivity contribution is -0.0567. The lowest BCUT2D eigenvalue weighted by atomic mass is 9.89. The molecule has 20 nitrogen and oxygen atoms in total. The molecule has 65 heavy (non-hydrogen) atoms. The molecule has 5 rings (SSSR count). The van der Waals surface area contributed by atoms with Crippen LogP contribution in [0.1, 0.15) is 110 Å². The fourth-order valence-corrected chi connectivity index (χ4v) is 11.5. The average Bonchev–Trinajstić information content (AvgIpc) is 3.82. The monoisotopic (exact) mass is 966 g/mol. The second-order valence-electron chi connectivity index (χ2n) is 20.7. The number of hydrogen-bond donors (Lipinski definition) is 2. The van der Waals surface area contributed by atoms with Gasteiger partial charge in [-0.1, -0.05) is 72.3 Å². The van der Waals surface area contributed by atoms with E-state index in [4.69, 9.17) is 33.8 Å². The Bertz CT molecular complexity index is 2520. The molecule has 2 aromatic rings. The summed E-state index contributed by atoms with van der Waals surface area (Å²) in [7, 11) is -9.52. The molecule has 2 unspecified atom stereocenters. The third-order valence-corrected chi connectivity index (χ3v) is 24.0. The molecule has 364 valence electrons. The fraction of sp³-hybridized carbons (Fsp3) is 0.762. The summed E-state index contributed by atoms with van der Waals surface area (Å²) in [5, 5.41) is 13.7. The summed E-state index contributed by atoms with van der Waals surface area (Å²) in [6.45, 7) is 23.5. The highest BCUT2D eigenvalue weighted by Gasteiger charge is 2.67. The third kappa shape index (κ3) is 10.7. The van der Waals surface area contributed by atoms with Crippen LogP contribution in [0.2, 0.25) is 36.3 Å². The quantitative estimate of drug-likeness (QED) is 0.0489. The number of nitrogens with zero attached hydrogens (tertiary/aromatic N) is 7. The van der Waals surface area contributed by atoms with Crippen molar-refractivity contribution < 1.29 is 36.0 Å². The molecule has 0 radical (unpaired) electrons. The number of nitrogens with two attached hydrogens (primary N) is 1. The average molecular weight is 967 g/mol. The molecule has 5 heterocycles. The van der Waals surface area contributed by atoms with E-state index in [2.05, 4.69) is 43.9 Å². The molecular formula is C42H70N8O12SSi2. The number of ether oxygens (including phenoxy) is 2. The summed E-state index contributed by atoms with van der Waals surface area (Å²) < 4.78 is 63.5. The van der Waals surface area contributed by atoms with Gasteiger partial charge in [-0.25, -0.2) is 13.8 Å². The molecular weight excluding hydrogens is 897 g/mol. The molecule has 1 spiro atoms. The highest BCUT2D eigenvalue weighted by molar-refractivity contribution is 7.90. The maximum absolute atomic E-state index is 14.5. The molecule has 2 aromatic heterocycles. The number of azide groups is 1. The van der Waals surface area contributed by atoms with Crippen molar-refractivity contribution in [2.45, 2.75) is 192 Å². The van der Waals surface area contributed by atoms with Crippen LogP contribution >= 0.6 is 0 Å². The zero-order chi connectivity index (χ0) is 48.7. The van der Waals surface area contributed by atoms with Crippen molar-refractivity contribution in [1.82, 2.24) is 18.3 Å². The molecule has 3 aliphatic heterocycles. The molecule has 23 heteroatoms. The van der Waals surface area contributed by atoms with Gasteiger partial charge in [-0.3, -0.25) is 27.9 Å². The second kappa shape index (κ2) is 19.5. The van der Waals surface area contributed by atoms with Crippen molar-refractivity contribution >= 4 is 26.8 Å². The molecule has 0 aromatic carbocycles. The first-order chi connectivity index (χ1) is 30.0. The van der Waals surface area contributed by atoms with E-state index < -0.39 is 91.7 Å². The number of aliphatic hydroxyl groups is 1. The number of hydrogen-bond acceptors (Lipinski definition) is 14. The number of aromatic nitrogens is 4. The van der Waals surface area contributed by atoms with Gasteiger partial charge in [0.1, 0.15) is 18.4 Å². The van der Waals surface area contributed by atoms with Crippen LogP contribution in [-0.2, 0) is 45.7 Å². The van der Waals surface area contributed by atoms with Gasteiger partial charge in [-0.05, 0) is 68.5 Å². The van der Waals surface area contributed by atoms with Gasteiger partial charge in [-0.2, -0.15) is 8.42 Å². The molecule has 2 fully saturated rings. The van der Waals surface area contributed by atoms with Crippen LogP contribution in [0, 0.1) is 13.8 Å². The van der Waals surface area contributed by atoms with E-state index in [1.165, 1.54) is 30.7 Å². The molecule has 2 saturated heterocycles. The lowest BCUT2D eigenvalue weighted by Gasteiger charge is -2.43. The van der Waals surface area contributed by atoms with Gasteiger partial charge in [-0.15, -0.1) is 0 Å². The molecule has 3 aliphatic rings. The number of aliphatic hydroxyl groups excluding tert-OH is 1. The van der Waals surface area contributed by atoms with Gasteiger partial charge >= 0.3 is 11.4 Å². The Morgan fingerprint density at radius 2 is 1.37 bits per heavy atom. The maximum Gasteiger partial charge on any atom is 0.333 e. The predicted octanol–water partition coefficient (Wildman–Crippen LogP) is 5.16. The molecule has 0 bridgehead atoms. The van der Waals surface area contributed by atoms with Crippen LogP contribution in [-0.4, -0.2) is 91.6 Å². The van der Waals surface area contributed by atoms with Gasteiger partial charge in [0.05, 0.1) is 36.5 Å². The van der Waals surface area contributed by atoms with Crippen molar-refractivity contribution in [2.24, 2.45) is 10.8 Å². The summed E-state index contributed by atoms with van der Waals surface area (Å²) in [6.07, 6.45) is 1.81. The Balaban J connectivity index is 1.32. The maximum atomic E-state index is 14.5. The van der Waals surface area contributed by atoms with Crippen molar-refractivity contribution in [3.8, 4) is 0 Å². The van der Waals surface area contributed by atoms with E-state index in [1.807, 2.05) is 33.9 Å². The van der Waals surface area contributed by atoms with E-state index >= 15 is 0 Å². The largest absolute Gasteiger partial charge is 0.414 e. The minimum Gasteiger partial charge on any atom is -0.414 e. The number of unbranched alkanes of at least 4 members (excludes halogenated alkanes) is 5. The van der Waals surface area contributed by atoms with E-state index in [0.29, 0.717) is 31.2 Å². The van der Waals surface area contributed by atoms with Gasteiger partial charge in [0.15, 0.2) is 28.5 Å². The van der Waals surface area contributed by atoms with E-state index in [1.54, 1.807) is 13.8 Å². The van der Waals surface area contributed by atoms with Crippen LogP contribution in [0.3, 0.4) is 0 Å². The van der Waals surface area contributed by atoms with Crippen molar-refractivity contribution in [3.05, 3.63) is 86.7 Å². The minimum absolute atomic E-state index is 0.0939. The smallest absolute Gasteiger partial charge is 0.333 e. The molecule has 0 saturated carbocycles. The SMILES string of the molecule is Cc1cn([C@@H]2OC(CO[Si](C)(C)C(C)(C)C)C3(OS(=O)(=O)C=C3N)[C@H]2O[Si](C)(C)C(C)(C)C)c(=O)n(CCCCCCCCn2c(=O)c(C)cn([C@H]3C[C@H](N=[N+]=[N-])[C@@H](CO)O3)c2=O)c1=O. The number of rotatable bonds is 18. The zero-order valence-corrected chi connectivity index (χ0v) is 42.8. The Morgan fingerprint density at radius 3 is 1.85 bits per heavy atom. The van der Waals surface area contributed by atoms with Crippen LogP contribution < -0.4 is 28.2 Å². The lowest BCUT2D eigenvalue weighted by Crippen LogP contribution is -2.59. The molecule has 0 aliphatic carbocycles. The topological polar surface area (TPSA) is 263 Å². The summed E-state index contributed by atoms with van der Waals surface area (Å²) in [5.41, 5.74) is 12.1. The van der Waals surface area contributed by atoms with Gasteiger partial charge < -0.3 is 29.2 Å². The van der Waals surface area contributed by atoms with Crippen molar-refractivity contribution in [1.29, 1.82) is 0 Å². The minimum atomic E-state index is -4.29. The van der Waals surface area contributed by atoms with Crippen LogP contribution in [0.25, 0.3) is 10.4 Å². The standard InChI is InChI=1S/C42H70N8O12SSi2/c1-27-22-49(33-21-29(45-46-44)30(24-51)59-33)38(54)47(35(27)52)19-17-15-13-14-16-18-20-48-36(53)28(2)23-50(39(48)55)37-34(61-65(11,12)41(6,7)8)42(31(43)26-63(56,57)62-42)32(60-37)25-58-64(9,10)40(3,4)5/h22-23,26,29-30,32-34,37,51H,13-21,24-25,43H2,1-12H3/t29-,30+,32?,33+,34-,37+,42?/m0/s1. The number of aryl methyl sites for hydroxylation is 2. The van der Waals surface area contributed by atoms with Gasteiger partial charge in [0.25, 0.3) is 21.2 Å². The van der Waals surface area contributed by atoms with E-state index in [9.17, 15) is 32.7 Å². The summed E-state index contributed by atoms with van der Waals surface area (Å²) in [5.74, 6) is 0. The second-order valence-corrected chi connectivity index (χ2v) is 31.6. The van der Waals surface area contributed by atoms with Crippen LogP contribution in [0.4, 0.5) is 0 Å². The Labute approximate surface area is 382 Å². The summed E-state index contributed by atoms with van der Waals surface area (Å²) in [4.78, 5) is 57.3. The summed E-state index contributed by atoms with van der Waals surface area (Å²) >= 11 is 0. The summed E-state index contributed by atoms with van der Waals surface area (Å²) in [6, 6.07) is -0.653. The Hall–Kier alpha value is -3.65. The first-order valence-electron chi connectivity index (χ1n) is 22.4. The molecule has 0 amide bonds. The Morgan fingerprint density at radius 1 is 0.862 bits per heavy atom. The first kappa shape index (κ1) is 52.3. The zero-order valence-electron chi connectivity index (χ0n) is 40.0. The van der Waals surface area contributed by atoms with Crippen molar-refractivity contribution in [3.63, 3.8) is 0 Å². The van der Waals surface area contributed by atoms with E-state index in [0.717, 1.165) is 18.2 Å².